The van der Waals surface area contributed by atoms with Gasteiger partial charge in [-0.25, -0.2) is 4.57 Å². The summed E-state index contributed by atoms with van der Waals surface area (Å²) < 4.78 is 24.4. The third-order valence-corrected chi connectivity index (χ3v) is 7.47. The van der Waals surface area contributed by atoms with Crippen LogP contribution in [0.4, 0.5) is 0 Å². The fourth-order valence-corrected chi connectivity index (χ4v) is 5.49. The summed E-state index contributed by atoms with van der Waals surface area (Å²) in [4.78, 5) is 0. The van der Waals surface area contributed by atoms with Gasteiger partial charge in [0.25, 0.3) is 0 Å². The van der Waals surface area contributed by atoms with E-state index in [0.717, 1.165) is 31.2 Å². The van der Waals surface area contributed by atoms with Gasteiger partial charge in [0.2, 0.25) is 0 Å². The van der Waals surface area contributed by atoms with Crippen LogP contribution < -0.4 is 0 Å². The maximum atomic E-state index is 13.0. The molecule has 0 bridgehead atoms. The summed E-state index contributed by atoms with van der Waals surface area (Å²) >= 11 is 1.32. The SMILES string of the molecule is CCCCCCOP(=O)(OCCCCCC)SCc1ccccc1. The van der Waals surface area contributed by atoms with Crippen molar-refractivity contribution in [1.29, 1.82) is 0 Å². The van der Waals surface area contributed by atoms with E-state index < -0.39 is 6.80 Å². The monoisotopic (exact) mass is 372 g/mol. The zero-order valence-electron chi connectivity index (χ0n) is 15.2. The Labute approximate surface area is 152 Å². The summed E-state index contributed by atoms with van der Waals surface area (Å²) in [5.74, 6) is 0.655. The molecule has 0 unspecified atom stereocenters. The lowest BCUT2D eigenvalue weighted by Gasteiger charge is -2.18. The minimum Gasteiger partial charge on any atom is -0.301 e. The van der Waals surface area contributed by atoms with E-state index in [0.29, 0.717) is 19.0 Å². The quantitative estimate of drug-likeness (QED) is 0.240. The van der Waals surface area contributed by atoms with Crippen LogP contribution in [0.15, 0.2) is 30.3 Å². The highest BCUT2D eigenvalue weighted by molar-refractivity contribution is 8.54. The third kappa shape index (κ3) is 10.6. The molecule has 0 aliphatic heterocycles. The number of rotatable bonds is 15. The van der Waals surface area contributed by atoms with Crippen LogP contribution in [-0.4, -0.2) is 13.2 Å². The predicted octanol–water partition coefficient (Wildman–Crippen LogP) is 7.22. The summed E-state index contributed by atoms with van der Waals surface area (Å²) in [6, 6.07) is 10.1. The van der Waals surface area contributed by atoms with Gasteiger partial charge in [-0.1, -0.05) is 82.7 Å². The first-order valence-corrected chi connectivity index (χ1v) is 12.4. The Kier molecular flexibility index (Phi) is 12.6. The molecular weight excluding hydrogens is 339 g/mol. The molecule has 0 saturated heterocycles. The van der Waals surface area contributed by atoms with Gasteiger partial charge in [-0.3, -0.25) is 0 Å². The second-order valence-corrected chi connectivity index (χ2v) is 10.1. The van der Waals surface area contributed by atoms with Gasteiger partial charge in [0.15, 0.2) is 0 Å². The highest BCUT2D eigenvalue weighted by atomic mass is 32.7. The van der Waals surface area contributed by atoms with Crippen LogP contribution in [0.3, 0.4) is 0 Å². The van der Waals surface area contributed by atoms with Crippen molar-refractivity contribution in [3.63, 3.8) is 0 Å². The van der Waals surface area contributed by atoms with E-state index in [1.165, 1.54) is 37.1 Å². The molecule has 0 N–H and O–H groups in total. The first-order valence-electron chi connectivity index (χ1n) is 9.27. The average molecular weight is 373 g/mol. The molecule has 3 nitrogen and oxygen atoms in total. The second kappa shape index (κ2) is 13.9. The number of unbranched alkanes of at least 4 members (excludes halogenated alkanes) is 6. The molecule has 0 spiro atoms. The van der Waals surface area contributed by atoms with Crippen molar-refractivity contribution in [2.24, 2.45) is 0 Å². The van der Waals surface area contributed by atoms with Crippen LogP contribution in [0.25, 0.3) is 0 Å². The Morgan fingerprint density at radius 2 is 1.38 bits per heavy atom. The van der Waals surface area contributed by atoms with E-state index in [1.54, 1.807) is 0 Å². The minimum absolute atomic E-state index is 0.522. The Morgan fingerprint density at radius 3 is 1.88 bits per heavy atom. The highest BCUT2D eigenvalue weighted by Gasteiger charge is 2.25. The maximum absolute atomic E-state index is 13.0. The smallest absolute Gasteiger partial charge is 0.301 e. The molecule has 0 heterocycles. The molecule has 0 atom stereocenters. The molecule has 1 rings (SSSR count). The molecule has 24 heavy (non-hydrogen) atoms. The summed E-state index contributed by atoms with van der Waals surface area (Å²) in [5, 5.41) is 0. The van der Waals surface area contributed by atoms with E-state index in [-0.39, 0.29) is 0 Å². The van der Waals surface area contributed by atoms with E-state index in [9.17, 15) is 4.57 Å². The molecule has 0 fully saturated rings. The normalized spacial score (nSPS) is 11.8. The van der Waals surface area contributed by atoms with Crippen molar-refractivity contribution in [2.45, 2.75) is 71.0 Å². The largest absolute Gasteiger partial charge is 0.389 e. The van der Waals surface area contributed by atoms with Crippen LogP contribution in [-0.2, 0) is 19.4 Å². The molecule has 5 heteroatoms. The van der Waals surface area contributed by atoms with Crippen molar-refractivity contribution >= 4 is 18.2 Å². The molecule has 0 aliphatic carbocycles. The molecule has 1 aromatic rings. The lowest BCUT2D eigenvalue weighted by molar-refractivity contribution is 0.212. The van der Waals surface area contributed by atoms with Crippen molar-refractivity contribution in [1.82, 2.24) is 0 Å². The predicted molar refractivity (Wildman–Crippen MR) is 106 cm³/mol. The molecule has 0 aliphatic rings. The lowest BCUT2D eigenvalue weighted by Crippen LogP contribution is -1.98. The summed E-state index contributed by atoms with van der Waals surface area (Å²) in [5.41, 5.74) is 1.15. The maximum Gasteiger partial charge on any atom is 0.389 e. The van der Waals surface area contributed by atoms with Gasteiger partial charge in [0, 0.05) is 5.75 Å². The minimum atomic E-state index is -3.07. The Balaban J connectivity index is 2.42. The standard InChI is InChI=1S/C19H33O3PS/c1-3-5-7-12-16-21-23(20,22-17-13-8-6-4-2)24-18-19-14-10-9-11-15-19/h9-11,14-15H,3-8,12-13,16-18H2,1-2H3. The fourth-order valence-electron chi connectivity index (χ4n) is 2.25. The zero-order valence-corrected chi connectivity index (χ0v) is 17.0. The van der Waals surface area contributed by atoms with E-state index >= 15 is 0 Å². The molecule has 0 aromatic heterocycles. The molecule has 0 amide bonds. The van der Waals surface area contributed by atoms with Gasteiger partial charge in [-0.05, 0) is 29.8 Å². The van der Waals surface area contributed by atoms with E-state index in [1.807, 2.05) is 30.3 Å². The van der Waals surface area contributed by atoms with Crippen molar-refractivity contribution in [3.05, 3.63) is 35.9 Å². The number of hydrogen-bond acceptors (Lipinski definition) is 4. The van der Waals surface area contributed by atoms with E-state index in [2.05, 4.69) is 13.8 Å². The Morgan fingerprint density at radius 1 is 0.833 bits per heavy atom. The molecule has 0 radical (unpaired) electrons. The number of benzene rings is 1. The highest BCUT2D eigenvalue weighted by Crippen LogP contribution is 2.61. The average Bonchev–Trinajstić information content (AvgIpc) is 2.61. The Bertz CT molecular complexity index is 435. The van der Waals surface area contributed by atoms with Gasteiger partial charge in [-0.15, -0.1) is 0 Å². The summed E-state index contributed by atoms with van der Waals surface area (Å²) in [6.45, 7) is 2.34. The van der Waals surface area contributed by atoms with Crippen molar-refractivity contribution in [3.8, 4) is 0 Å². The first-order chi connectivity index (χ1) is 11.7. The number of hydrogen-bond donors (Lipinski definition) is 0. The van der Waals surface area contributed by atoms with Gasteiger partial charge in [0.05, 0.1) is 13.2 Å². The molecular formula is C19H33O3PS. The summed E-state index contributed by atoms with van der Waals surface area (Å²) in [7, 11) is 0. The third-order valence-electron chi connectivity index (χ3n) is 3.73. The molecule has 138 valence electrons. The van der Waals surface area contributed by atoms with Crippen LogP contribution in [0.5, 0.6) is 0 Å². The van der Waals surface area contributed by atoms with Crippen LogP contribution in [0, 0.1) is 0 Å². The summed E-state index contributed by atoms with van der Waals surface area (Å²) in [6.07, 6.45) is 8.91. The van der Waals surface area contributed by atoms with Gasteiger partial charge in [-0.2, -0.15) is 0 Å². The second-order valence-electron chi connectivity index (χ2n) is 5.99. The van der Waals surface area contributed by atoms with Gasteiger partial charge >= 0.3 is 6.80 Å². The van der Waals surface area contributed by atoms with Crippen molar-refractivity contribution < 1.29 is 13.6 Å². The van der Waals surface area contributed by atoms with Crippen LogP contribution in [0.1, 0.15) is 70.8 Å². The molecule has 0 saturated carbocycles. The van der Waals surface area contributed by atoms with Crippen molar-refractivity contribution in [2.75, 3.05) is 13.2 Å². The Hall–Kier alpha value is -0.280. The zero-order chi connectivity index (χ0) is 17.5. The topological polar surface area (TPSA) is 35.5 Å². The van der Waals surface area contributed by atoms with Gasteiger partial charge < -0.3 is 9.05 Å². The first kappa shape index (κ1) is 21.8. The van der Waals surface area contributed by atoms with E-state index in [4.69, 9.17) is 9.05 Å². The molecule has 1 aromatic carbocycles. The van der Waals surface area contributed by atoms with Crippen LogP contribution in [0.2, 0.25) is 0 Å². The van der Waals surface area contributed by atoms with Gasteiger partial charge in [0.1, 0.15) is 0 Å². The lowest BCUT2D eigenvalue weighted by atomic mass is 10.2. The fraction of sp³-hybridized carbons (Fsp3) is 0.684. The van der Waals surface area contributed by atoms with Crippen LogP contribution >= 0.6 is 18.2 Å².